The molecule has 1 aliphatic heterocycles. The molecule has 0 spiro atoms. The fourth-order valence-corrected chi connectivity index (χ4v) is 1.27. The van der Waals surface area contributed by atoms with Crippen LogP contribution in [0.5, 0.6) is 0 Å². The Balaban J connectivity index is 0.00000112. The van der Waals surface area contributed by atoms with Crippen LogP contribution in [0.2, 0.25) is 0 Å². The van der Waals surface area contributed by atoms with Crippen molar-refractivity contribution in [2.24, 2.45) is 0 Å². The first kappa shape index (κ1) is 12.5. The Kier molecular flexibility index (Phi) is 3.74. The topological polar surface area (TPSA) is 89.3 Å². The molecule has 0 aromatic heterocycles. The first-order valence-electron chi connectivity index (χ1n) is 3.74. The summed E-state index contributed by atoms with van der Waals surface area (Å²) in [5.74, 6) is -1.10. The molecule has 1 aromatic rings. The molecule has 0 unspecified atom stereocenters. The van der Waals surface area contributed by atoms with E-state index in [0.717, 1.165) is 6.07 Å². The van der Waals surface area contributed by atoms with Gasteiger partial charge in [0.25, 0.3) is 17.5 Å². The number of nitro groups is 1. The number of carbonyl (C=O) groups excluding carboxylic acids is 2. The Bertz CT molecular complexity index is 472. The van der Waals surface area contributed by atoms with Gasteiger partial charge in [0.15, 0.2) is 0 Å². The van der Waals surface area contributed by atoms with Crippen LogP contribution < -0.4 is 5.32 Å². The maximum atomic E-state index is 11.1. The van der Waals surface area contributed by atoms with Gasteiger partial charge in [-0.05, 0) is 6.07 Å². The molecule has 0 atom stereocenters. The van der Waals surface area contributed by atoms with Crippen molar-refractivity contribution in [2.75, 3.05) is 0 Å². The summed E-state index contributed by atoms with van der Waals surface area (Å²) in [6, 6.07) is 3.56. The van der Waals surface area contributed by atoms with Crippen molar-refractivity contribution in [3.63, 3.8) is 0 Å². The number of rotatable bonds is 1. The van der Waals surface area contributed by atoms with Crippen LogP contribution in [0.15, 0.2) is 18.2 Å². The zero-order valence-corrected chi connectivity index (χ0v) is 6.81. The van der Waals surface area contributed by atoms with Gasteiger partial charge in [-0.2, -0.15) is 0 Å². The van der Waals surface area contributed by atoms with Gasteiger partial charge in [0.2, 0.25) is 0 Å². The van der Waals surface area contributed by atoms with E-state index in [4.69, 9.17) is 0 Å². The molecule has 72 valence electrons. The van der Waals surface area contributed by atoms with Gasteiger partial charge in [0.1, 0.15) is 0 Å². The van der Waals surface area contributed by atoms with E-state index in [1.54, 1.807) is 0 Å². The van der Waals surface area contributed by atoms with E-state index in [-0.39, 0.29) is 68.2 Å². The number of non-ortho nitro benzene ring substituents is 1. The molecule has 0 bridgehead atoms. The second-order valence-electron chi connectivity index (χ2n) is 2.77. The van der Waals surface area contributed by atoms with Crippen LogP contribution in [0.1, 0.15) is 20.7 Å². The molecular weight excluding hydrogens is 227 g/mol. The Morgan fingerprint density at radius 2 is 1.73 bits per heavy atom. The average molecular weight is 232 g/mol. The van der Waals surface area contributed by atoms with Gasteiger partial charge in [0, 0.05) is 12.1 Å². The molecule has 15 heavy (non-hydrogen) atoms. The fourth-order valence-electron chi connectivity index (χ4n) is 1.27. The summed E-state index contributed by atoms with van der Waals surface area (Å²) in [6.07, 6.45) is 0. The van der Waals surface area contributed by atoms with Crippen LogP contribution >= 0.6 is 0 Å². The minimum atomic E-state index is -0.615. The number of imide groups is 1. The Morgan fingerprint density at radius 1 is 1.13 bits per heavy atom. The molecule has 0 saturated heterocycles. The van der Waals surface area contributed by atoms with Crippen LogP contribution in [0.3, 0.4) is 0 Å². The first-order chi connectivity index (χ1) is 6.59. The molecule has 6 nitrogen and oxygen atoms in total. The summed E-state index contributed by atoms with van der Waals surface area (Å²) >= 11 is 0. The predicted octanol–water partition coefficient (Wildman–Crippen LogP) is -0.170. The summed E-state index contributed by atoms with van der Waals surface area (Å²) in [7, 11) is 0. The summed E-state index contributed by atoms with van der Waals surface area (Å²) < 4.78 is 0. The summed E-state index contributed by atoms with van der Waals surface area (Å²) in [6.45, 7) is 0. The summed E-state index contributed by atoms with van der Waals surface area (Å²) in [5, 5.41) is 12.4. The second kappa shape index (κ2) is 4.50. The van der Waals surface area contributed by atoms with E-state index in [2.05, 4.69) is 0 Å². The van der Waals surface area contributed by atoms with Gasteiger partial charge in [-0.15, -0.1) is 0 Å². The average Bonchev–Trinajstić information content (AvgIpc) is 2.42. The molecule has 1 N–H and O–H groups in total. The van der Waals surface area contributed by atoms with Gasteiger partial charge >= 0.3 is 51.4 Å². The van der Waals surface area contributed by atoms with E-state index < -0.39 is 16.7 Å². The standard InChI is InChI=1S/C8H4N2O4.K.H/c11-7-5-2-1-4(10(13)14)3-6(5)8(12)9-7;;/h1-3H,(H,9,11,12);;. The molecule has 0 aliphatic carbocycles. The van der Waals surface area contributed by atoms with Crippen LogP contribution in [-0.2, 0) is 0 Å². The van der Waals surface area contributed by atoms with Crippen molar-refractivity contribution in [1.82, 2.24) is 5.32 Å². The molecule has 0 saturated carbocycles. The number of nitrogens with zero attached hydrogens (tertiary/aromatic N) is 1. The third kappa shape index (κ3) is 2.16. The zero-order chi connectivity index (χ0) is 10.3. The summed E-state index contributed by atoms with van der Waals surface area (Å²) in [5.41, 5.74) is 0.0402. The molecule has 0 fully saturated rings. The molecule has 2 rings (SSSR count). The van der Waals surface area contributed by atoms with E-state index >= 15 is 0 Å². The number of nitro benzene ring substituents is 1. The van der Waals surface area contributed by atoms with Crippen molar-refractivity contribution in [2.45, 2.75) is 0 Å². The Hall–Kier alpha value is -0.604. The molecule has 7 heteroatoms. The third-order valence-electron chi connectivity index (χ3n) is 1.93. The quantitative estimate of drug-likeness (QED) is 0.315. The van der Waals surface area contributed by atoms with Gasteiger partial charge in [-0.25, -0.2) is 0 Å². The van der Waals surface area contributed by atoms with Crippen molar-refractivity contribution in [1.29, 1.82) is 0 Å². The Morgan fingerprint density at radius 3 is 2.33 bits per heavy atom. The van der Waals surface area contributed by atoms with Crippen molar-refractivity contribution < 1.29 is 14.5 Å². The van der Waals surface area contributed by atoms with Crippen LogP contribution in [0.25, 0.3) is 0 Å². The second-order valence-corrected chi connectivity index (χ2v) is 2.77. The van der Waals surface area contributed by atoms with E-state index in [9.17, 15) is 19.7 Å². The minimum absolute atomic E-state index is 0. The van der Waals surface area contributed by atoms with Gasteiger partial charge in [-0.1, -0.05) is 0 Å². The van der Waals surface area contributed by atoms with Crippen LogP contribution in [0.4, 0.5) is 5.69 Å². The Labute approximate surface area is 127 Å². The fraction of sp³-hybridized carbons (Fsp3) is 0. The van der Waals surface area contributed by atoms with Crippen molar-refractivity contribution >= 4 is 68.9 Å². The van der Waals surface area contributed by atoms with Gasteiger partial charge in [-0.3, -0.25) is 25.0 Å². The van der Waals surface area contributed by atoms with E-state index in [0.29, 0.717) is 0 Å². The van der Waals surface area contributed by atoms with E-state index in [1.807, 2.05) is 5.32 Å². The van der Waals surface area contributed by atoms with Crippen molar-refractivity contribution in [3.8, 4) is 0 Å². The third-order valence-corrected chi connectivity index (χ3v) is 1.93. The maximum absolute atomic E-state index is 11.1. The van der Waals surface area contributed by atoms with Crippen LogP contribution in [0, 0.1) is 10.1 Å². The molecule has 1 heterocycles. The molecule has 0 radical (unpaired) electrons. The first-order valence-corrected chi connectivity index (χ1v) is 3.74. The number of hydrogen-bond donors (Lipinski definition) is 1. The number of hydrogen-bond acceptors (Lipinski definition) is 4. The van der Waals surface area contributed by atoms with E-state index in [1.165, 1.54) is 12.1 Å². The van der Waals surface area contributed by atoms with Gasteiger partial charge < -0.3 is 0 Å². The number of amides is 2. The number of carbonyl (C=O) groups is 2. The zero-order valence-electron chi connectivity index (χ0n) is 6.81. The molecular formula is C8H5KN2O4. The predicted molar refractivity (Wildman–Crippen MR) is 52.0 cm³/mol. The normalized spacial score (nSPS) is 12.8. The monoisotopic (exact) mass is 232 g/mol. The number of benzene rings is 1. The molecule has 1 aliphatic rings. The molecule has 1 aromatic carbocycles. The number of nitrogens with one attached hydrogen (secondary N) is 1. The van der Waals surface area contributed by atoms with Crippen LogP contribution in [-0.4, -0.2) is 68.1 Å². The van der Waals surface area contributed by atoms with Gasteiger partial charge in [0.05, 0.1) is 16.1 Å². The van der Waals surface area contributed by atoms with Crippen molar-refractivity contribution in [3.05, 3.63) is 39.4 Å². The molecule has 2 amide bonds. The number of fused-ring (bicyclic) bond motifs is 1. The summed E-state index contributed by atoms with van der Waals surface area (Å²) in [4.78, 5) is 31.9. The SMILES string of the molecule is O=C1NC(=O)c2cc([N+](=O)[O-])ccc21.[KH].